The van der Waals surface area contributed by atoms with E-state index in [4.69, 9.17) is 22.4 Å². The molecule has 0 aliphatic heterocycles. The smallest absolute Gasteiger partial charge is 0.409 e. The summed E-state index contributed by atoms with van der Waals surface area (Å²) >= 11 is 6.01. The van der Waals surface area contributed by atoms with Gasteiger partial charge in [0.05, 0.1) is 22.1 Å². The zero-order valence-corrected chi connectivity index (χ0v) is 9.88. The zero-order chi connectivity index (χ0) is 12.3. The summed E-state index contributed by atoms with van der Waals surface area (Å²) in [5.41, 5.74) is 7.04. The number of halogens is 1. The van der Waals surface area contributed by atoms with Crippen molar-refractivity contribution in [2.45, 2.75) is 6.92 Å². The number of nitrogens with one attached hydrogen (secondary N) is 1. The standard InChI is InChI=1S/C10H14ClN3O2/c1-3-14(2)9-5-8(13-10(15)16)7(12)4-6(9)11/h4-5,13H,3,12H2,1-2H3,(H,15,16). The number of nitrogen functional groups attached to an aromatic ring is 1. The lowest BCUT2D eigenvalue weighted by molar-refractivity contribution is 0.210. The number of rotatable bonds is 3. The Labute approximate surface area is 98.8 Å². The molecule has 5 nitrogen and oxygen atoms in total. The summed E-state index contributed by atoms with van der Waals surface area (Å²) in [7, 11) is 1.86. The lowest BCUT2D eigenvalue weighted by Crippen LogP contribution is -2.17. The van der Waals surface area contributed by atoms with Crippen molar-refractivity contribution in [3.8, 4) is 0 Å². The molecule has 1 aromatic rings. The van der Waals surface area contributed by atoms with Gasteiger partial charge >= 0.3 is 6.09 Å². The van der Waals surface area contributed by atoms with Crippen LogP contribution in [0.4, 0.5) is 21.9 Å². The zero-order valence-electron chi connectivity index (χ0n) is 9.12. The predicted octanol–water partition coefficient (Wildman–Crippen LogP) is 2.47. The third-order valence-electron chi connectivity index (χ3n) is 2.25. The van der Waals surface area contributed by atoms with Gasteiger partial charge in [0.2, 0.25) is 0 Å². The maximum absolute atomic E-state index is 10.5. The number of nitrogens with zero attached hydrogens (tertiary/aromatic N) is 1. The minimum atomic E-state index is -1.15. The van der Waals surface area contributed by atoms with Gasteiger partial charge in [-0.15, -0.1) is 0 Å². The Bertz CT molecular complexity index is 409. The molecule has 0 saturated heterocycles. The molecule has 0 unspecified atom stereocenters. The summed E-state index contributed by atoms with van der Waals surface area (Å²) in [6.07, 6.45) is -1.15. The maximum atomic E-state index is 10.5. The van der Waals surface area contributed by atoms with E-state index >= 15 is 0 Å². The van der Waals surface area contributed by atoms with Crippen molar-refractivity contribution in [1.82, 2.24) is 0 Å². The van der Waals surface area contributed by atoms with Crippen LogP contribution in [0.1, 0.15) is 6.92 Å². The number of amides is 1. The van der Waals surface area contributed by atoms with E-state index in [0.717, 1.165) is 12.2 Å². The molecule has 16 heavy (non-hydrogen) atoms. The second-order valence-corrected chi connectivity index (χ2v) is 3.74. The summed E-state index contributed by atoms with van der Waals surface area (Å²) in [5.74, 6) is 0. The van der Waals surface area contributed by atoms with Crippen molar-refractivity contribution < 1.29 is 9.90 Å². The Balaban J connectivity index is 3.15. The van der Waals surface area contributed by atoms with Gasteiger partial charge in [-0.25, -0.2) is 4.79 Å². The van der Waals surface area contributed by atoms with Gasteiger partial charge in [-0.3, -0.25) is 5.32 Å². The fourth-order valence-electron chi connectivity index (χ4n) is 1.26. The Morgan fingerprint density at radius 2 is 2.25 bits per heavy atom. The van der Waals surface area contributed by atoms with E-state index in [1.807, 2.05) is 18.9 Å². The first-order valence-electron chi connectivity index (χ1n) is 4.75. The van der Waals surface area contributed by atoms with E-state index in [-0.39, 0.29) is 0 Å². The molecule has 0 aromatic heterocycles. The SMILES string of the molecule is CCN(C)c1cc(NC(=O)O)c(N)cc1Cl. The molecule has 1 rings (SSSR count). The van der Waals surface area contributed by atoms with Crippen LogP contribution in [0.3, 0.4) is 0 Å². The van der Waals surface area contributed by atoms with Crippen LogP contribution >= 0.6 is 11.6 Å². The third kappa shape index (κ3) is 2.70. The molecule has 0 aliphatic carbocycles. The van der Waals surface area contributed by atoms with Crippen LogP contribution in [0.15, 0.2) is 12.1 Å². The van der Waals surface area contributed by atoms with Crippen molar-refractivity contribution in [3.63, 3.8) is 0 Å². The van der Waals surface area contributed by atoms with Crippen LogP contribution in [0.2, 0.25) is 5.02 Å². The van der Waals surface area contributed by atoms with Crippen LogP contribution < -0.4 is 16.0 Å². The molecule has 0 spiro atoms. The first kappa shape index (κ1) is 12.4. The second kappa shape index (κ2) is 4.94. The molecule has 6 heteroatoms. The average molecular weight is 244 g/mol. The van der Waals surface area contributed by atoms with Crippen LogP contribution in [-0.2, 0) is 0 Å². The number of nitrogens with two attached hydrogens (primary N) is 1. The van der Waals surface area contributed by atoms with Crippen molar-refractivity contribution in [3.05, 3.63) is 17.2 Å². The van der Waals surface area contributed by atoms with Gasteiger partial charge in [-0.2, -0.15) is 0 Å². The molecular weight excluding hydrogens is 230 g/mol. The Morgan fingerprint density at radius 3 is 2.75 bits per heavy atom. The lowest BCUT2D eigenvalue weighted by atomic mass is 10.2. The Morgan fingerprint density at radius 1 is 1.62 bits per heavy atom. The second-order valence-electron chi connectivity index (χ2n) is 3.34. The molecular formula is C10H14ClN3O2. The number of anilines is 3. The van der Waals surface area contributed by atoms with Gasteiger partial charge in [0.1, 0.15) is 0 Å². The molecule has 0 heterocycles. The first-order chi connectivity index (χ1) is 7.45. The van der Waals surface area contributed by atoms with Gasteiger partial charge < -0.3 is 15.7 Å². The summed E-state index contributed by atoms with van der Waals surface area (Å²) in [5, 5.41) is 11.4. The number of carboxylic acid groups (broad SMARTS) is 1. The van der Waals surface area contributed by atoms with E-state index in [9.17, 15) is 4.79 Å². The first-order valence-corrected chi connectivity index (χ1v) is 5.13. The molecule has 0 fully saturated rings. The van der Waals surface area contributed by atoms with Crippen LogP contribution in [-0.4, -0.2) is 24.8 Å². The molecule has 88 valence electrons. The molecule has 0 saturated carbocycles. The predicted molar refractivity (Wildman–Crippen MR) is 66.5 cm³/mol. The normalized spacial score (nSPS) is 9.94. The summed E-state index contributed by atoms with van der Waals surface area (Å²) in [4.78, 5) is 12.4. The van der Waals surface area contributed by atoms with E-state index in [1.54, 1.807) is 6.07 Å². The highest BCUT2D eigenvalue weighted by molar-refractivity contribution is 6.33. The Kier molecular flexibility index (Phi) is 3.84. The number of hydrogen-bond acceptors (Lipinski definition) is 3. The fourth-order valence-corrected chi connectivity index (χ4v) is 1.58. The van der Waals surface area contributed by atoms with Gasteiger partial charge in [-0.05, 0) is 19.1 Å². The highest BCUT2D eigenvalue weighted by Crippen LogP contribution is 2.33. The van der Waals surface area contributed by atoms with Crippen molar-refractivity contribution in [2.75, 3.05) is 29.5 Å². The minimum absolute atomic E-state index is 0.306. The highest BCUT2D eigenvalue weighted by atomic mass is 35.5. The van der Waals surface area contributed by atoms with Crippen molar-refractivity contribution in [1.29, 1.82) is 0 Å². The van der Waals surface area contributed by atoms with Crippen LogP contribution in [0, 0.1) is 0 Å². The van der Waals surface area contributed by atoms with E-state index in [2.05, 4.69) is 5.32 Å². The van der Waals surface area contributed by atoms with Crippen LogP contribution in [0.25, 0.3) is 0 Å². The number of benzene rings is 1. The molecule has 1 amide bonds. The van der Waals surface area contributed by atoms with Gasteiger partial charge in [-0.1, -0.05) is 11.6 Å². The lowest BCUT2D eigenvalue weighted by Gasteiger charge is -2.20. The van der Waals surface area contributed by atoms with Gasteiger partial charge in [0.25, 0.3) is 0 Å². The quantitative estimate of drug-likeness (QED) is 0.713. The summed E-state index contributed by atoms with van der Waals surface area (Å²) in [6.45, 7) is 2.73. The van der Waals surface area contributed by atoms with E-state index in [1.165, 1.54) is 6.07 Å². The van der Waals surface area contributed by atoms with E-state index in [0.29, 0.717) is 16.4 Å². The molecule has 0 aliphatic rings. The minimum Gasteiger partial charge on any atom is -0.465 e. The Hall–Kier alpha value is -1.62. The molecule has 0 radical (unpaired) electrons. The molecule has 0 bridgehead atoms. The number of carbonyl (C=O) groups is 1. The van der Waals surface area contributed by atoms with E-state index < -0.39 is 6.09 Å². The van der Waals surface area contributed by atoms with Crippen molar-refractivity contribution in [2.24, 2.45) is 0 Å². The monoisotopic (exact) mass is 243 g/mol. The topological polar surface area (TPSA) is 78.6 Å². The highest BCUT2D eigenvalue weighted by Gasteiger charge is 2.10. The number of hydrogen-bond donors (Lipinski definition) is 3. The summed E-state index contributed by atoms with van der Waals surface area (Å²) < 4.78 is 0. The van der Waals surface area contributed by atoms with Crippen molar-refractivity contribution >= 4 is 34.8 Å². The molecule has 4 N–H and O–H groups in total. The van der Waals surface area contributed by atoms with Crippen LogP contribution in [0.5, 0.6) is 0 Å². The fraction of sp³-hybridized carbons (Fsp3) is 0.300. The largest absolute Gasteiger partial charge is 0.465 e. The summed E-state index contributed by atoms with van der Waals surface area (Å²) in [6, 6.07) is 3.16. The van der Waals surface area contributed by atoms with Gasteiger partial charge in [0.15, 0.2) is 0 Å². The average Bonchev–Trinajstić information content (AvgIpc) is 2.20. The molecule has 1 aromatic carbocycles. The maximum Gasteiger partial charge on any atom is 0.409 e. The third-order valence-corrected chi connectivity index (χ3v) is 2.55. The van der Waals surface area contributed by atoms with Gasteiger partial charge in [0, 0.05) is 13.6 Å². The molecule has 0 atom stereocenters.